The number of esters is 1. The van der Waals surface area contributed by atoms with Crippen molar-refractivity contribution in [2.24, 2.45) is 56.7 Å². The molecule has 12 heteroatoms. The van der Waals surface area contributed by atoms with Crippen LogP contribution in [-0.4, -0.2) is 118 Å². The Labute approximate surface area is 320 Å². The molecule has 0 radical (unpaired) electrons. The third-order valence-electron chi connectivity index (χ3n) is 17.4. The first-order valence-corrected chi connectivity index (χ1v) is 20.7. The lowest BCUT2D eigenvalue weighted by Crippen LogP contribution is -2.66. The molecule has 0 bridgehead atoms. The number of hydrogen-bond donors (Lipinski definition) is 6. The van der Waals surface area contributed by atoms with Crippen molar-refractivity contribution in [1.82, 2.24) is 0 Å². The number of fused-ring (bicyclic) bond motifs is 7. The number of aliphatic hydroxyl groups is 6. The minimum Gasteiger partial charge on any atom is -0.469 e. The molecule has 6 N–H and O–H groups in total. The summed E-state index contributed by atoms with van der Waals surface area (Å²) in [5.41, 5.74) is 0.858. The van der Waals surface area contributed by atoms with E-state index in [-0.39, 0.29) is 46.3 Å². The normalized spacial score (nSPS) is 54.3. The molecule has 5 aliphatic carbocycles. The number of carbonyl (C=O) groups is 1. The molecule has 4 saturated carbocycles. The Kier molecular flexibility index (Phi) is 10.8. The fourth-order valence-corrected chi connectivity index (χ4v) is 13.8. The summed E-state index contributed by atoms with van der Waals surface area (Å²) in [7, 11) is 1.56. The summed E-state index contributed by atoms with van der Waals surface area (Å²) in [6.07, 6.45) is -1.80. The van der Waals surface area contributed by atoms with Crippen molar-refractivity contribution in [2.45, 2.75) is 168 Å². The van der Waals surface area contributed by atoms with Crippen molar-refractivity contribution in [1.29, 1.82) is 0 Å². The first-order chi connectivity index (χ1) is 25.3. The molecule has 0 amide bonds. The minimum absolute atomic E-state index is 0.0221. The second kappa shape index (κ2) is 14.3. The monoisotopic (exact) mass is 764 g/mol. The molecule has 12 nitrogen and oxygen atoms in total. The van der Waals surface area contributed by atoms with Gasteiger partial charge < -0.3 is 54.3 Å². The van der Waals surface area contributed by atoms with Crippen LogP contribution in [0.2, 0.25) is 0 Å². The molecule has 0 aromatic carbocycles. The van der Waals surface area contributed by atoms with E-state index in [9.17, 15) is 35.4 Å². The molecule has 7 aliphatic rings. The highest BCUT2D eigenvalue weighted by Crippen LogP contribution is 2.76. The van der Waals surface area contributed by atoms with Gasteiger partial charge in [0.25, 0.3) is 0 Å². The van der Waals surface area contributed by atoms with Gasteiger partial charge in [0, 0.05) is 0 Å². The van der Waals surface area contributed by atoms with Crippen molar-refractivity contribution >= 4 is 5.97 Å². The van der Waals surface area contributed by atoms with Crippen LogP contribution >= 0.6 is 0 Å². The van der Waals surface area contributed by atoms with Crippen LogP contribution in [-0.2, 0) is 28.5 Å². The molecule has 2 aliphatic heterocycles. The van der Waals surface area contributed by atoms with Gasteiger partial charge in [-0.15, -0.1) is 0 Å². The number of rotatable bonds is 6. The zero-order valence-corrected chi connectivity index (χ0v) is 33.6. The molecule has 2 saturated heterocycles. The smallest absolute Gasteiger partial charge is 0.312 e. The van der Waals surface area contributed by atoms with E-state index in [1.54, 1.807) is 7.11 Å². The van der Waals surface area contributed by atoms with Gasteiger partial charge in [-0.2, -0.15) is 0 Å². The van der Waals surface area contributed by atoms with E-state index >= 15 is 0 Å². The lowest BCUT2D eigenvalue weighted by molar-refractivity contribution is -0.357. The number of allylic oxidation sites excluding steroid dienone is 2. The first-order valence-electron chi connectivity index (χ1n) is 20.7. The second-order valence-electron chi connectivity index (χ2n) is 19.8. The fourth-order valence-electron chi connectivity index (χ4n) is 13.8. The van der Waals surface area contributed by atoms with E-state index in [1.165, 1.54) is 5.57 Å². The molecular weight excluding hydrogens is 696 g/mol. The third-order valence-corrected chi connectivity index (χ3v) is 17.4. The Bertz CT molecular complexity index is 1440. The number of methoxy groups -OCH3 is 1. The van der Waals surface area contributed by atoms with Crippen molar-refractivity contribution in [2.75, 3.05) is 20.3 Å². The number of ether oxygens (including phenoxy) is 5. The third kappa shape index (κ3) is 5.85. The molecule has 7 rings (SSSR count). The Balaban J connectivity index is 1.10. The lowest BCUT2D eigenvalue weighted by atomic mass is 9.33. The largest absolute Gasteiger partial charge is 0.469 e. The maximum Gasteiger partial charge on any atom is 0.312 e. The van der Waals surface area contributed by atoms with Crippen LogP contribution < -0.4 is 0 Å². The molecule has 0 aromatic rings. The summed E-state index contributed by atoms with van der Waals surface area (Å²) in [5, 5.41) is 62.9. The van der Waals surface area contributed by atoms with Gasteiger partial charge in [0.1, 0.15) is 42.7 Å². The van der Waals surface area contributed by atoms with Gasteiger partial charge in [-0.25, -0.2) is 0 Å². The fraction of sp³-hybridized carbons (Fsp3) is 0.929. The number of carbonyl (C=O) groups excluding carboxylic acids is 1. The summed E-state index contributed by atoms with van der Waals surface area (Å²) in [6, 6.07) is 0. The average molecular weight is 765 g/mol. The van der Waals surface area contributed by atoms with Gasteiger partial charge in [0.15, 0.2) is 12.6 Å². The highest BCUT2D eigenvalue weighted by atomic mass is 16.7. The zero-order valence-electron chi connectivity index (χ0n) is 33.6. The standard InChI is InChI=1S/C42H68O12/c1-21-11-16-42(37(49)50-8)18-17-40(6)23(29(42)22(21)2)9-10-27-39(5)14-13-28(38(3,4)26(39)12-15-41(27,40)7)53-35-33(48)34(24(44)20-51-35)54-36-32(47)31(46)30(45)25(19-43)52-36/h9,21-22,24-36,43-48H,10-20H2,1-8H3/t21-,22+,24+,25-,26+,27-,28+,29+,30-,31+,32-,33-,34+,35+,36+,39+,40-,41-,42+/m1/s1. The molecule has 54 heavy (non-hydrogen) atoms. The summed E-state index contributed by atoms with van der Waals surface area (Å²) in [4.78, 5) is 13.7. The van der Waals surface area contributed by atoms with Crippen molar-refractivity contribution in [3.05, 3.63) is 11.6 Å². The Morgan fingerprint density at radius 2 is 1.56 bits per heavy atom. The molecule has 19 atom stereocenters. The predicted molar refractivity (Wildman–Crippen MR) is 196 cm³/mol. The highest BCUT2D eigenvalue weighted by Gasteiger charge is 2.70. The molecular formula is C42H68O12. The second-order valence-corrected chi connectivity index (χ2v) is 19.8. The van der Waals surface area contributed by atoms with E-state index in [4.69, 9.17) is 23.7 Å². The SMILES string of the molecule is COC(=O)[C@]12CC[C@@H](C)[C@H](C)[C@H]1C1=CC[C@@H]3[C@@]4(C)CC[C@H](O[C@@H]5OC[C@H](O)[C@H](O[C@@H]6O[C@H](CO)[C@@H](O)[C@H](O)[C@H]6O)[C@H]5O)C(C)(C)[C@@H]4CC[C@@]3(C)[C@]1(C)CC2. The summed E-state index contributed by atoms with van der Waals surface area (Å²) in [6.45, 7) is 16.0. The van der Waals surface area contributed by atoms with Crippen LogP contribution in [0.1, 0.15) is 106 Å². The highest BCUT2D eigenvalue weighted by molar-refractivity contribution is 5.78. The molecule has 308 valence electrons. The van der Waals surface area contributed by atoms with Gasteiger partial charge >= 0.3 is 5.97 Å². The molecule has 2 heterocycles. The molecule has 0 unspecified atom stereocenters. The Morgan fingerprint density at radius 1 is 0.833 bits per heavy atom. The topological polar surface area (TPSA) is 185 Å². The van der Waals surface area contributed by atoms with E-state index < -0.39 is 67.3 Å². The average Bonchev–Trinajstić information content (AvgIpc) is 3.13. The molecule has 0 spiro atoms. The first kappa shape index (κ1) is 41.0. The van der Waals surface area contributed by atoms with Crippen LogP contribution in [0.5, 0.6) is 0 Å². The van der Waals surface area contributed by atoms with Crippen molar-refractivity contribution in [3.8, 4) is 0 Å². The van der Waals surface area contributed by atoms with E-state index in [0.717, 1.165) is 57.8 Å². The summed E-state index contributed by atoms with van der Waals surface area (Å²) in [5.74, 6) is 1.91. The number of aliphatic hydroxyl groups excluding tert-OH is 6. The Morgan fingerprint density at radius 3 is 2.24 bits per heavy atom. The molecule has 6 fully saturated rings. The predicted octanol–water partition coefficient (Wildman–Crippen LogP) is 3.47. The zero-order chi connectivity index (χ0) is 39.3. The van der Waals surface area contributed by atoms with Crippen LogP contribution in [0.4, 0.5) is 0 Å². The molecule has 0 aromatic heterocycles. The maximum absolute atomic E-state index is 13.7. The van der Waals surface area contributed by atoms with E-state index in [2.05, 4.69) is 54.5 Å². The van der Waals surface area contributed by atoms with Crippen molar-refractivity contribution < 1.29 is 59.1 Å². The van der Waals surface area contributed by atoms with Gasteiger partial charge in [-0.05, 0) is 109 Å². The van der Waals surface area contributed by atoms with Crippen molar-refractivity contribution in [3.63, 3.8) is 0 Å². The Hall–Kier alpha value is -1.19. The number of hydrogen-bond acceptors (Lipinski definition) is 12. The van der Waals surface area contributed by atoms with Gasteiger partial charge in [-0.1, -0.05) is 60.1 Å². The van der Waals surface area contributed by atoms with Gasteiger partial charge in [-0.3, -0.25) is 4.79 Å². The maximum atomic E-state index is 13.7. The quantitative estimate of drug-likeness (QED) is 0.132. The summed E-state index contributed by atoms with van der Waals surface area (Å²) < 4.78 is 29.5. The van der Waals surface area contributed by atoms with Crippen LogP contribution in [0.3, 0.4) is 0 Å². The van der Waals surface area contributed by atoms with Gasteiger partial charge in [0.05, 0.1) is 31.8 Å². The minimum atomic E-state index is -1.68. The van der Waals surface area contributed by atoms with E-state index in [1.807, 2.05) is 0 Å². The van der Waals surface area contributed by atoms with Gasteiger partial charge in [0.2, 0.25) is 0 Å². The van der Waals surface area contributed by atoms with Crippen LogP contribution in [0, 0.1) is 56.7 Å². The van der Waals surface area contributed by atoms with E-state index in [0.29, 0.717) is 23.7 Å². The van der Waals surface area contributed by atoms with Crippen LogP contribution in [0.15, 0.2) is 11.6 Å². The lowest BCUT2D eigenvalue weighted by Gasteiger charge is -2.71. The summed E-state index contributed by atoms with van der Waals surface area (Å²) >= 11 is 0. The van der Waals surface area contributed by atoms with Crippen LogP contribution in [0.25, 0.3) is 0 Å².